The van der Waals surface area contributed by atoms with E-state index < -0.39 is 13.6 Å². The third-order valence-electron chi connectivity index (χ3n) is 4.50. The van der Waals surface area contributed by atoms with Gasteiger partial charge in [-0.25, -0.2) is 0 Å². The molecule has 1 atom stereocenters. The minimum absolute atomic E-state index is 0.0906. The predicted octanol–water partition coefficient (Wildman–Crippen LogP) is 4.32. The number of aliphatic hydroxyl groups excluding tert-OH is 1. The summed E-state index contributed by atoms with van der Waals surface area (Å²) >= 11 is 0. The van der Waals surface area contributed by atoms with Gasteiger partial charge in [-0.3, -0.25) is 9.55 Å². The Hall–Kier alpha value is -2.12. The van der Waals surface area contributed by atoms with E-state index in [2.05, 4.69) is 10.3 Å². The van der Waals surface area contributed by atoms with Crippen molar-refractivity contribution in [1.82, 2.24) is 4.98 Å². The average Bonchev–Trinajstić information content (AvgIpc) is 2.74. The summed E-state index contributed by atoms with van der Waals surface area (Å²) in [6.07, 6.45) is 1.80. The first-order valence-corrected chi connectivity index (χ1v) is 11.5. The third-order valence-corrected chi connectivity index (χ3v) is 6.62. The van der Waals surface area contributed by atoms with E-state index in [0.29, 0.717) is 17.1 Å². The van der Waals surface area contributed by atoms with E-state index in [1.807, 2.05) is 19.1 Å². The molecule has 30 heavy (non-hydrogen) atoms. The first-order valence-electron chi connectivity index (χ1n) is 9.82. The number of benzene rings is 1. The predicted molar refractivity (Wildman–Crippen MR) is 117 cm³/mol. The van der Waals surface area contributed by atoms with Gasteiger partial charge in [0.05, 0.1) is 63.7 Å². The molecule has 0 saturated carbocycles. The highest BCUT2D eigenvalue weighted by Gasteiger charge is 2.30. The number of nitrogens with zero attached hydrogens (tertiary/aromatic N) is 1. The number of aliphatic hydroxyl groups is 1. The van der Waals surface area contributed by atoms with E-state index in [4.69, 9.17) is 18.5 Å². The third kappa shape index (κ3) is 6.19. The van der Waals surface area contributed by atoms with Gasteiger partial charge in [0.15, 0.2) is 0 Å². The Morgan fingerprint density at radius 2 is 1.70 bits per heavy atom. The quantitative estimate of drug-likeness (QED) is 0.473. The lowest BCUT2D eigenvalue weighted by Crippen LogP contribution is -2.18. The maximum atomic E-state index is 13.3. The normalized spacial score (nSPS) is 12.5. The number of ether oxygens (including phenoxy) is 2. The van der Waals surface area contributed by atoms with Gasteiger partial charge in [-0.1, -0.05) is 0 Å². The number of hydrogen-bond donors (Lipinski definition) is 2. The molecule has 1 aromatic heterocycles. The molecule has 2 aromatic rings. The van der Waals surface area contributed by atoms with Crippen LogP contribution in [0.2, 0.25) is 0 Å². The average molecular weight is 438 g/mol. The lowest BCUT2D eigenvalue weighted by molar-refractivity contribution is 0.219. The summed E-state index contributed by atoms with van der Waals surface area (Å²) in [5.74, 6) is 0.951. The Morgan fingerprint density at radius 1 is 1.10 bits per heavy atom. The summed E-state index contributed by atoms with van der Waals surface area (Å²) in [6.45, 7) is 5.77. The Bertz CT molecular complexity index is 824. The molecule has 2 N–H and O–H groups in total. The van der Waals surface area contributed by atoms with E-state index in [-0.39, 0.29) is 26.0 Å². The molecule has 0 aliphatic heterocycles. The van der Waals surface area contributed by atoms with Gasteiger partial charge in [-0.2, -0.15) is 0 Å². The van der Waals surface area contributed by atoms with Crippen molar-refractivity contribution in [2.24, 2.45) is 0 Å². The van der Waals surface area contributed by atoms with Crippen LogP contribution in [-0.4, -0.2) is 43.7 Å². The Balaban J connectivity index is 2.51. The second-order valence-corrected chi connectivity index (χ2v) is 8.68. The minimum atomic E-state index is -3.37. The number of nitrogens with one attached hydrogen (secondary N) is 1. The molecule has 0 fully saturated rings. The number of anilines is 1. The maximum Gasteiger partial charge on any atom is 0.333 e. The van der Waals surface area contributed by atoms with Gasteiger partial charge in [0.2, 0.25) is 0 Å². The minimum Gasteiger partial charge on any atom is -0.496 e. The highest BCUT2D eigenvalue weighted by atomic mass is 31.2. The zero-order valence-electron chi connectivity index (χ0n) is 18.2. The van der Waals surface area contributed by atoms with Crippen molar-refractivity contribution in [2.75, 3.05) is 38.9 Å². The SMILES string of the molecule is CCOP(=O)(CC(Nc1ccc(C)nc1)c1cc(OC)c(CO)c(OC)c1)OCC. The molecule has 1 heterocycles. The highest BCUT2D eigenvalue weighted by molar-refractivity contribution is 7.53. The summed E-state index contributed by atoms with van der Waals surface area (Å²) in [5.41, 5.74) is 2.94. The molecule has 0 aliphatic rings. The van der Waals surface area contributed by atoms with Crippen molar-refractivity contribution in [1.29, 1.82) is 0 Å². The van der Waals surface area contributed by atoms with Crippen LogP contribution < -0.4 is 14.8 Å². The van der Waals surface area contributed by atoms with Crippen LogP contribution in [0.25, 0.3) is 0 Å². The van der Waals surface area contributed by atoms with Crippen molar-refractivity contribution >= 4 is 13.3 Å². The fraction of sp³-hybridized carbons (Fsp3) is 0.476. The van der Waals surface area contributed by atoms with Crippen LogP contribution in [0.3, 0.4) is 0 Å². The van der Waals surface area contributed by atoms with Gasteiger partial charge in [0.25, 0.3) is 0 Å². The fourth-order valence-corrected chi connectivity index (χ4v) is 4.93. The number of aromatic nitrogens is 1. The van der Waals surface area contributed by atoms with E-state index in [1.165, 1.54) is 14.2 Å². The fourth-order valence-electron chi connectivity index (χ4n) is 3.11. The molecule has 0 saturated heterocycles. The summed E-state index contributed by atoms with van der Waals surface area (Å²) in [7, 11) is -0.321. The molecule has 1 unspecified atom stereocenters. The van der Waals surface area contributed by atoms with Gasteiger partial charge in [-0.15, -0.1) is 0 Å². The Morgan fingerprint density at radius 3 is 2.13 bits per heavy atom. The van der Waals surface area contributed by atoms with E-state index in [0.717, 1.165) is 16.9 Å². The number of aryl methyl sites for hydroxylation is 1. The van der Waals surface area contributed by atoms with E-state index in [1.54, 1.807) is 32.2 Å². The van der Waals surface area contributed by atoms with Gasteiger partial charge < -0.3 is 28.9 Å². The molecule has 0 spiro atoms. The lowest BCUT2D eigenvalue weighted by Gasteiger charge is -2.26. The number of pyridine rings is 1. The molecular weight excluding hydrogens is 407 g/mol. The highest BCUT2D eigenvalue weighted by Crippen LogP contribution is 2.51. The zero-order chi connectivity index (χ0) is 22.1. The van der Waals surface area contributed by atoms with Crippen molar-refractivity contribution in [3.05, 3.63) is 47.3 Å². The molecule has 9 heteroatoms. The molecular formula is C21H31N2O6P. The Labute approximate surface area is 178 Å². The summed E-state index contributed by atoms with van der Waals surface area (Å²) in [6, 6.07) is 6.91. The van der Waals surface area contributed by atoms with Crippen LogP contribution >= 0.6 is 7.60 Å². The van der Waals surface area contributed by atoms with Crippen molar-refractivity contribution in [2.45, 2.75) is 33.4 Å². The van der Waals surface area contributed by atoms with Crippen LogP contribution in [0.1, 0.15) is 36.7 Å². The molecule has 1 aromatic carbocycles. The van der Waals surface area contributed by atoms with Gasteiger partial charge in [-0.05, 0) is 50.6 Å². The molecule has 8 nitrogen and oxygen atoms in total. The summed E-state index contributed by atoms with van der Waals surface area (Å²) in [5, 5.41) is 13.1. The summed E-state index contributed by atoms with van der Waals surface area (Å²) < 4.78 is 35.2. The molecule has 0 aliphatic carbocycles. The van der Waals surface area contributed by atoms with Crippen LogP contribution in [0.4, 0.5) is 5.69 Å². The maximum absolute atomic E-state index is 13.3. The lowest BCUT2D eigenvalue weighted by atomic mass is 10.0. The Kier molecular flexibility index (Phi) is 9.11. The van der Waals surface area contributed by atoms with Crippen molar-refractivity contribution < 1.29 is 28.2 Å². The summed E-state index contributed by atoms with van der Waals surface area (Å²) in [4.78, 5) is 4.31. The molecule has 0 amide bonds. The van der Waals surface area contributed by atoms with Crippen LogP contribution in [0, 0.1) is 6.92 Å². The number of methoxy groups -OCH3 is 2. The zero-order valence-corrected chi connectivity index (χ0v) is 19.1. The van der Waals surface area contributed by atoms with Gasteiger partial charge in [0, 0.05) is 5.69 Å². The largest absolute Gasteiger partial charge is 0.496 e. The molecule has 0 bridgehead atoms. The van der Waals surface area contributed by atoms with E-state index in [9.17, 15) is 9.67 Å². The molecule has 0 radical (unpaired) electrons. The van der Waals surface area contributed by atoms with Gasteiger partial charge >= 0.3 is 7.60 Å². The molecule has 166 valence electrons. The van der Waals surface area contributed by atoms with Crippen molar-refractivity contribution in [3.8, 4) is 11.5 Å². The van der Waals surface area contributed by atoms with E-state index >= 15 is 0 Å². The van der Waals surface area contributed by atoms with Gasteiger partial charge in [0.1, 0.15) is 11.5 Å². The standard InChI is InChI=1S/C21H31N2O6P/c1-6-28-30(25,29-7-2)14-19(23-17-9-8-15(3)22-12-17)16-10-20(26-4)18(13-24)21(11-16)27-5/h8-12,19,23-24H,6-7,13-14H2,1-5H3. The first-order chi connectivity index (χ1) is 14.4. The number of hydrogen-bond acceptors (Lipinski definition) is 8. The number of rotatable bonds is 12. The first kappa shape index (κ1) is 24.2. The van der Waals surface area contributed by atoms with Crippen LogP contribution in [0.15, 0.2) is 30.5 Å². The second kappa shape index (κ2) is 11.3. The van der Waals surface area contributed by atoms with Crippen molar-refractivity contribution in [3.63, 3.8) is 0 Å². The topological polar surface area (TPSA) is 99.1 Å². The second-order valence-electron chi connectivity index (χ2n) is 6.58. The van der Waals surface area contributed by atoms with Crippen LogP contribution in [0.5, 0.6) is 11.5 Å². The van der Waals surface area contributed by atoms with Crippen LogP contribution in [-0.2, 0) is 20.2 Å². The monoisotopic (exact) mass is 438 g/mol. The smallest absolute Gasteiger partial charge is 0.333 e. The molecule has 2 rings (SSSR count).